The molecule has 0 radical (unpaired) electrons. The normalized spacial score (nSPS) is 10.5. The van der Waals surface area contributed by atoms with Crippen LogP contribution in [0.1, 0.15) is 15.2 Å². The third-order valence-electron chi connectivity index (χ3n) is 3.11. The number of thiophene rings is 1. The predicted octanol–water partition coefficient (Wildman–Crippen LogP) is 3.62. The molecular weight excluding hydrogens is 322 g/mol. The van der Waals surface area contributed by atoms with Crippen LogP contribution in [0.5, 0.6) is 0 Å². The van der Waals surface area contributed by atoms with Gasteiger partial charge in [0.15, 0.2) is 0 Å². The van der Waals surface area contributed by atoms with Crippen molar-refractivity contribution in [1.82, 2.24) is 9.97 Å². The lowest BCUT2D eigenvalue weighted by Crippen LogP contribution is -2.24. The van der Waals surface area contributed by atoms with Crippen molar-refractivity contribution < 1.29 is 9.53 Å². The van der Waals surface area contributed by atoms with Crippen LogP contribution in [0.25, 0.3) is 10.2 Å². The summed E-state index contributed by atoms with van der Waals surface area (Å²) in [4.78, 5) is 23.6. The summed E-state index contributed by atoms with van der Waals surface area (Å²) in [6.45, 7) is 10.5. The van der Waals surface area contributed by atoms with Crippen molar-refractivity contribution in [1.29, 1.82) is 0 Å². The van der Waals surface area contributed by atoms with Crippen LogP contribution in [0.15, 0.2) is 25.3 Å². The van der Waals surface area contributed by atoms with E-state index in [-0.39, 0.29) is 11.3 Å². The van der Waals surface area contributed by atoms with E-state index in [4.69, 9.17) is 16.3 Å². The first-order valence-corrected chi connectivity index (χ1v) is 7.74. The van der Waals surface area contributed by atoms with Gasteiger partial charge in [-0.25, -0.2) is 9.78 Å². The van der Waals surface area contributed by atoms with Gasteiger partial charge >= 0.3 is 5.97 Å². The Morgan fingerprint density at radius 1 is 1.36 bits per heavy atom. The molecule has 7 heteroatoms. The van der Waals surface area contributed by atoms with Gasteiger partial charge in [0.1, 0.15) is 15.5 Å². The van der Waals surface area contributed by atoms with E-state index in [1.165, 1.54) is 18.4 Å². The Kier molecular flexibility index (Phi) is 5.15. The average molecular weight is 338 g/mol. The fraction of sp³-hybridized carbons (Fsp3) is 0.267. The van der Waals surface area contributed by atoms with Gasteiger partial charge < -0.3 is 9.64 Å². The third kappa shape index (κ3) is 2.98. The molecule has 0 N–H and O–H groups in total. The molecule has 0 bridgehead atoms. The highest BCUT2D eigenvalue weighted by atomic mass is 35.5. The van der Waals surface area contributed by atoms with Crippen LogP contribution in [0.4, 0.5) is 5.82 Å². The van der Waals surface area contributed by atoms with Gasteiger partial charge in [0.2, 0.25) is 5.28 Å². The number of hydrogen-bond acceptors (Lipinski definition) is 6. The van der Waals surface area contributed by atoms with E-state index in [1.54, 1.807) is 12.2 Å². The SMILES string of the molecule is C=CCN(CC=C)c1nc(Cl)nc2sc(C(=O)OC)c(C)c12. The fourth-order valence-electron chi connectivity index (χ4n) is 2.17. The molecule has 0 spiro atoms. The van der Waals surface area contributed by atoms with E-state index in [2.05, 4.69) is 23.1 Å². The first kappa shape index (κ1) is 16.5. The van der Waals surface area contributed by atoms with Gasteiger partial charge in [-0.3, -0.25) is 0 Å². The molecule has 0 aromatic carbocycles. The van der Waals surface area contributed by atoms with Crippen LogP contribution >= 0.6 is 22.9 Å². The van der Waals surface area contributed by atoms with Crippen molar-refractivity contribution in [3.8, 4) is 0 Å². The van der Waals surface area contributed by atoms with E-state index in [1.807, 2.05) is 11.8 Å². The first-order chi connectivity index (χ1) is 10.5. The molecule has 2 rings (SSSR count). The van der Waals surface area contributed by atoms with Gasteiger partial charge in [-0.1, -0.05) is 12.2 Å². The summed E-state index contributed by atoms with van der Waals surface area (Å²) in [5.41, 5.74) is 0.789. The summed E-state index contributed by atoms with van der Waals surface area (Å²) >= 11 is 7.28. The van der Waals surface area contributed by atoms with Crippen LogP contribution < -0.4 is 4.90 Å². The summed E-state index contributed by atoms with van der Waals surface area (Å²) in [7, 11) is 1.35. The Labute approximate surface area is 137 Å². The van der Waals surface area contributed by atoms with E-state index >= 15 is 0 Å². The summed E-state index contributed by atoms with van der Waals surface area (Å²) in [5.74, 6) is 0.278. The molecule has 0 atom stereocenters. The van der Waals surface area contributed by atoms with Crippen molar-refractivity contribution >= 4 is 44.9 Å². The molecule has 116 valence electrons. The minimum Gasteiger partial charge on any atom is -0.465 e. The topological polar surface area (TPSA) is 55.3 Å². The highest BCUT2D eigenvalue weighted by Gasteiger charge is 2.22. The summed E-state index contributed by atoms with van der Waals surface area (Å²) in [5, 5.41) is 0.941. The van der Waals surface area contributed by atoms with E-state index in [0.29, 0.717) is 28.6 Å². The number of ether oxygens (including phenoxy) is 1. The molecule has 0 unspecified atom stereocenters. The largest absolute Gasteiger partial charge is 0.465 e. The lowest BCUT2D eigenvalue weighted by Gasteiger charge is -2.21. The quantitative estimate of drug-likeness (QED) is 0.458. The molecular formula is C15H16ClN3O2S. The Hall–Kier alpha value is -1.92. The lowest BCUT2D eigenvalue weighted by molar-refractivity contribution is 0.0605. The zero-order valence-electron chi connectivity index (χ0n) is 12.4. The van der Waals surface area contributed by atoms with Crippen molar-refractivity contribution in [2.75, 3.05) is 25.1 Å². The second-order valence-electron chi connectivity index (χ2n) is 4.53. The van der Waals surface area contributed by atoms with Crippen LogP contribution in [-0.4, -0.2) is 36.1 Å². The fourth-order valence-corrected chi connectivity index (χ4v) is 3.48. The standard InChI is InChI=1S/C15H16ClN3O2S/c1-5-7-19(8-6-2)12-10-9(3)11(14(20)21-4)22-13(10)18-15(16)17-12/h5-6H,1-2,7-8H2,3-4H3. The number of anilines is 1. The number of carbonyl (C=O) groups is 1. The highest BCUT2D eigenvalue weighted by Crippen LogP contribution is 2.36. The molecule has 2 aromatic rings. The Morgan fingerprint density at radius 2 is 2.00 bits per heavy atom. The molecule has 0 fully saturated rings. The smallest absolute Gasteiger partial charge is 0.348 e. The van der Waals surface area contributed by atoms with Gasteiger partial charge in [0.25, 0.3) is 0 Å². The summed E-state index contributed by atoms with van der Waals surface area (Å²) in [6, 6.07) is 0. The molecule has 0 aliphatic rings. The molecule has 0 saturated carbocycles. The van der Waals surface area contributed by atoms with Gasteiger partial charge in [0, 0.05) is 13.1 Å². The maximum absolute atomic E-state index is 11.9. The Balaban J connectivity index is 2.71. The maximum atomic E-state index is 11.9. The Bertz CT molecular complexity index is 732. The number of fused-ring (bicyclic) bond motifs is 1. The first-order valence-electron chi connectivity index (χ1n) is 6.55. The van der Waals surface area contributed by atoms with Crippen LogP contribution in [0.2, 0.25) is 5.28 Å². The highest BCUT2D eigenvalue weighted by molar-refractivity contribution is 7.20. The van der Waals surface area contributed by atoms with Crippen molar-refractivity contribution in [2.24, 2.45) is 0 Å². The lowest BCUT2D eigenvalue weighted by atomic mass is 10.2. The minimum absolute atomic E-state index is 0.137. The second-order valence-corrected chi connectivity index (χ2v) is 5.86. The number of hydrogen-bond donors (Lipinski definition) is 0. The average Bonchev–Trinajstić information content (AvgIpc) is 2.82. The molecule has 5 nitrogen and oxygen atoms in total. The van der Waals surface area contributed by atoms with Crippen molar-refractivity contribution in [2.45, 2.75) is 6.92 Å². The van der Waals surface area contributed by atoms with E-state index < -0.39 is 0 Å². The Morgan fingerprint density at radius 3 is 2.55 bits per heavy atom. The number of carbonyl (C=O) groups excluding carboxylic acids is 1. The molecule has 22 heavy (non-hydrogen) atoms. The molecule has 0 saturated heterocycles. The molecule has 2 aromatic heterocycles. The monoisotopic (exact) mass is 337 g/mol. The van der Waals surface area contributed by atoms with Crippen LogP contribution in [0, 0.1) is 6.92 Å². The minimum atomic E-state index is -0.387. The zero-order valence-corrected chi connectivity index (χ0v) is 14.0. The number of rotatable bonds is 6. The van der Waals surface area contributed by atoms with E-state index in [9.17, 15) is 4.79 Å². The number of nitrogens with zero attached hydrogens (tertiary/aromatic N) is 3. The van der Waals surface area contributed by atoms with Crippen LogP contribution in [-0.2, 0) is 4.74 Å². The van der Waals surface area contributed by atoms with Gasteiger partial charge in [-0.05, 0) is 24.1 Å². The number of aryl methyl sites for hydroxylation is 1. The molecule has 2 heterocycles. The van der Waals surface area contributed by atoms with Crippen LogP contribution in [0.3, 0.4) is 0 Å². The number of methoxy groups -OCH3 is 1. The molecule has 0 aliphatic carbocycles. The van der Waals surface area contributed by atoms with Gasteiger partial charge in [-0.15, -0.1) is 24.5 Å². The molecule has 0 aliphatic heterocycles. The van der Waals surface area contributed by atoms with E-state index in [0.717, 1.165) is 10.9 Å². The third-order valence-corrected chi connectivity index (χ3v) is 4.45. The van der Waals surface area contributed by atoms with Gasteiger partial charge in [0.05, 0.1) is 12.5 Å². The zero-order chi connectivity index (χ0) is 16.3. The molecule has 0 amide bonds. The second kappa shape index (κ2) is 6.89. The maximum Gasteiger partial charge on any atom is 0.348 e. The predicted molar refractivity (Wildman–Crippen MR) is 91.1 cm³/mol. The van der Waals surface area contributed by atoms with Crippen molar-refractivity contribution in [3.05, 3.63) is 41.0 Å². The number of esters is 1. The van der Waals surface area contributed by atoms with Gasteiger partial charge in [-0.2, -0.15) is 4.98 Å². The number of halogens is 1. The summed E-state index contributed by atoms with van der Waals surface area (Å²) < 4.78 is 4.82. The van der Waals surface area contributed by atoms with Crippen molar-refractivity contribution in [3.63, 3.8) is 0 Å². The number of aromatic nitrogens is 2. The summed E-state index contributed by atoms with van der Waals surface area (Å²) in [6.07, 6.45) is 3.54.